The van der Waals surface area contributed by atoms with E-state index in [2.05, 4.69) is 5.32 Å². The van der Waals surface area contributed by atoms with Crippen molar-refractivity contribution in [1.82, 2.24) is 0 Å². The Kier molecular flexibility index (Phi) is 6.42. The number of aryl methyl sites for hydroxylation is 1. The number of carboxylic acids is 1. The van der Waals surface area contributed by atoms with Gasteiger partial charge in [0.15, 0.2) is 6.10 Å². The van der Waals surface area contributed by atoms with E-state index < -0.39 is 12.1 Å². The Morgan fingerprint density at radius 2 is 1.88 bits per heavy atom. The van der Waals surface area contributed by atoms with Crippen molar-refractivity contribution in [2.45, 2.75) is 32.8 Å². The van der Waals surface area contributed by atoms with Crippen molar-refractivity contribution in [3.63, 3.8) is 0 Å². The number of carboxylic acid groups (broad SMARTS) is 1. The van der Waals surface area contributed by atoms with Crippen LogP contribution in [0.15, 0.2) is 42.5 Å². The summed E-state index contributed by atoms with van der Waals surface area (Å²) in [5.41, 5.74) is 2.42. The van der Waals surface area contributed by atoms with Gasteiger partial charge in [-0.2, -0.15) is 0 Å². The molecule has 0 aliphatic carbocycles. The average Bonchev–Trinajstić information content (AvgIpc) is 2.52. The van der Waals surface area contributed by atoms with Crippen LogP contribution in [0.1, 0.15) is 24.5 Å². The second-order valence-electron chi connectivity index (χ2n) is 5.74. The van der Waals surface area contributed by atoms with Crippen LogP contribution in [0.25, 0.3) is 0 Å². The zero-order valence-corrected chi connectivity index (χ0v) is 14.8. The first-order valence-electron chi connectivity index (χ1n) is 7.93. The molecule has 6 heteroatoms. The highest BCUT2D eigenvalue weighted by Gasteiger charge is 2.16. The van der Waals surface area contributed by atoms with Crippen LogP contribution in [-0.4, -0.2) is 23.1 Å². The third-order valence-corrected chi connectivity index (χ3v) is 3.76. The molecular formula is C19H20ClNO4. The number of rotatable bonds is 7. The quantitative estimate of drug-likeness (QED) is 0.779. The Bertz CT molecular complexity index is 738. The maximum atomic E-state index is 12.1. The summed E-state index contributed by atoms with van der Waals surface area (Å²) in [5, 5.41) is 12.4. The van der Waals surface area contributed by atoms with Crippen LogP contribution < -0.4 is 10.1 Å². The second-order valence-corrected chi connectivity index (χ2v) is 6.18. The SMILES string of the molecule is CCC(Oc1ccc(CC(=O)Nc2cc(C)cc(Cl)c2)cc1)C(=O)O. The van der Waals surface area contributed by atoms with Gasteiger partial charge in [0.05, 0.1) is 6.42 Å². The first kappa shape index (κ1) is 18.8. The topological polar surface area (TPSA) is 75.6 Å². The molecule has 2 N–H and O–H groups in total. The molecule has 0 heterocycles. The minimum Gasteiger partial charge on any atom is -0.479 e. The molecule has 0 aliphatic heterocycles. The normalized spacial score (nSPS) is 11.6. The maximum absolute atomic E-state index is 12.1. The van der Waals surface area contributed by atoms with Gasteiger partial charge in [-0.05, 0) is 54.8 Å². The molecule has 2 aromatic carbocycles. The molecule has 0 radical (unpaired) electrons. The first-order chi connectivity index (χ1) is 11.9. The first-order valence-corrected chi connectivity index (χ1v) is 8.30. The highest BCUT2D eigenvalue weighted by molar-refractivity contribution is 6.31. The Morgan fingerprint density at radius 3 is 2.44 bits per heavy atom. The molecule has 0 aromatic heterocycles. The Hall–Kier alpha value is -2.53. The average molecular weight is 362 g/mol. The molecule has 1 amide bonds. The van der Waals surface area contributed by atoms with E-state index in [4.69, 9.17) is 21.4 Å². The summed E-state index contributed by atoms with van der Waals surface area (Å²) in [5.74, 6) is -0.695. The van der Waals surface area contributed by atoms with E-state index in [9.17, 15) is 9.59 Å². The minimum absolute atomic E-state index is 0.160. The highest BCUT2D eigenvalue weighted by Crippen LogP contribution is 2.19. The lowest BCUT2D eigenvalue weighted by Gasteiger charge is -2.13. The zero-order valence-electron chi connectivity index (χ0n) is 14.1. The number of benzene rings is 2. The Labute approximate surface area is 151 Å². The molecule has 25 heavy (non-hydrogen) atoms. The van der Waals surface area contributed by atoms with Crippen molar-refractivity contribution in [3.8, 4) is 5.75 Å². The van der Waals surface area contributed by atoms with Crippen LogP contribution in [0, 0.1) is 6.92 Å². The van der Waals surface area contributed by atoms with E-state index in [0.29, 0.717) is 22.9 Å². The smallest absolute Gasteiger partial charge is 0.344 e. The van der Waals surface area contributed by atoms with Crippen LogP contribution in [0.2, 0.25) is 5.02 Å². The van der Waals surface area contributed by atoms with Gasteiger partial charge in [0.1, 0.15) is 5.75 Å². The van der Waals surface area contributed by atoms with Gasteiger partial charge in [-0.15, -0.1) is 0 Å². The fourth-order valence-corrected chi connectivity index (χ4v) is 2.65. The molecule has 5 nitrogen and oxygen atoms in total. The lowest BCUT2D eigenvalue weighted by molar-refractivity contribution is -0.145. The number of ether oxygens (including phenoxy) is 1. The Balaban J connectivity index is 1.96. The molecule has 0 fully saturated rings. The van der Waals surface area contributed by atoms with E-state index in [1.807, 2.05) is 19.1 Å². The number of amides is 1. The highest BCUT2D eigenvalue weighted by atomic mass is 35.5. The van der Waals surface area contributed by atoms with E-state index in [-0.39, 0.29) is 12.3 Å². The van der Waals surface area contributed by atoms with Gasteiger partial charge in [-0.25, -0.2) is 4.79 Å². The van der Waals surface area contributed by atoms with Crippen molar-refractivity contribution in [2.75, 3.05) is 5.32 Å². The number of carbonyl (C=O) groups excluding carboxylic acids is 1. The van der Waals surface area contributed by atoms with Crippen LogP contribution >= 0.6 is 11.6 Å². The molecule has 2 rings (SSSR count). The van der Waals surface area contributed by atoms with Crippen LogP contribution in [0.4, 0.5) is 5.69 Å². The predicted molar refractivity (Wildman–Crippen MR) is 97.3 cm³/mol. The fraction of sp³-hybridized carbons (Fsp3) is 0.263. The third-order valence-electron chi connectivity index (χ3n) is 3.54. The van der Waals surface area contributed by atoms with Crippen LogP contribution in [0.5, 0.6) is 5.75 Å². The van der Waals surface area contributed by atoms with Gasteiger partial charge in [0.2, 0.25) is 5.91 Å². The molecule has 132 valence electrons. The van der Waals surface area contributed by atoms with Crippen molar-refractivity contribution >= 4 is 29.2 Å². The van der Waals surface area contributed by atoms with Gasteiger partial charge >= 0.3 is 5.97 Å². The molecule has 0 saturated heterocycles. The summed E-state index contributed by atoms with van der Waals surface area (Å²) in [6.07, 6.45) is -0.305. The predicted octanol–water partition coefficient (Wildman–Crippen LogP) is 4.07. The number of nitrogens with one attached hydrogen (secondary N) is 1. The fourth-order valence-electron chi connectivity index (χ4n) is 2.36. The lowest BCUT2D eigenvalue weighted by Crippen LogP contribution is -2.25. The maximum Gasteiger partial charge on any atom is 0.344 e. The van der Waals surface area contributed by atoms with Gasteiger partial charge in [-0.1, -0.05) is 30.7 Å². The molecule has 2 aromatic rings. The van der Waals surface area contributed by atoms with Gasteiger partial charge in [-0.3, -0.25) is 4.79 Å². The van der Waals surface area contributed by atoms with E-state index in [0.717, 1.165) is 11.1 Å². The molecule has 1 unspecified atom stereocenters. The second kappa shape index (κ2) is 8.53. The molecule has 0 spiro atoms. The summed E-state index contributed by atoms with van der Waals surface area (Å²) < 4.78 is 5.39. The monoisotopic (exact) mass is 361 g/mol. The van der Waals surface area contributed by atoms with Gasteiger partial charge in [0.25, 0.3) is 0 Å². The number of hydrogen-bond acceptors (Lipinski definition) is 3. The molecule has 0 bridgehead atoms. The van der Waals surface area contributed by atoms with Crippen LogP contribution in [0.3, 0.4) is 0 Å². The number of halogens is 1. The third kappa shape index (κ3) is 5.80. The summed E-state index contributed by atoms with van der Waals surface area (Å²) in [4.78, 5) is 23.1. The number of hydrogen-bond donors (Lipinski definition) is 2. The summed E-state index contributed by atoms with van der Waals surface area (Å²) in [6.45, 7) is 3.65. The molecule has 0 saturated carbocycles. The number of anilines is 1. The van der Waals surface area contributed by atoms with E-state index in [1.165, 1.54) is 0 Å². The zero-order chi connectivity index (χ0) is 18.4. The molecule has 0 aliphatic rings. The largest absolute Gasteiger partial charge is 0.479 e. The van der Waals surface area contributed by atoms with Crippen molar-refractivity contribution in [3.05, 3.63) is 58.6 Å². The standard InChI is InChI=1S/C19H20ClNO4/c1-3-17(19(23)24)25-16-6-4-13(5-7-16)10-18(22)21-15-9-12(2)8-14(20)11-15/h4-9,11,17H,3,10H2,1-2H3,(H,21,22)(H,23,24). The van der Waals surface area contributed by atoms with Crippen LogP contribution in [-0.2, 0) is 16.0 Å². The van der Waals surface area contributed by atoms with Gasteiger partial charge < -0.3 is 15.2 Å². The van der Waals surface area contributed by atoms with Gasteiger partial charge in [0, 0.05) is 10.7 Å². The van der Waals surface area contributed by atoms with E-state index in [1.54, 1.807) is 37.3 Å². The molecular weight excluding hydrogens is 342 g/mol. The number of carbonyl (C=O) groups is 2. The summed E-state index contributed by atoms with van der Waals surface area (Å²) in [6, 6.07) is 12.2. The number of aliphatic carboxylic acids is 1. The Morgan fingerprint density at radius 1 is 1.20 bits per heavy atom. The van der Waals surface area contributed by atoms with Crippen molar-refractivity contribution in [2.24, 2.45) is 0 Å². The summed E-state index contributed by atoms with van der Waals surface area (Å²) in [7, 11) is 0. The molecule has 1 atom stereocenters. The van der Waals surface area contributed by atoms with Crippen molar-refractivity contribution in [1.29, 1.82) is 0 Å². The van der Waals surface area contributed by atoms with Crippen molar-refractivity contribution < 1.29 is 19.4 Å². The summed E-state index contributed by atoms with van der Waals surface area (Å²) >= 11 is 5.98. The lowest BCUT2D eigenvalue weighted by atomic mass is 10.1. The minimum atomic E-state index is -0.997. The van der Waals surface area contributed by atoms with E-state index >= 15 is 0 Å².